The molecule has 1 aromatic carbocycles. The van der Waals surface area contributed by atoms with Crippen LogP contribution in [0.5, 0.6) is 0 Å². The van der Waals surface area contributed by atoms with Crippen LogP contribution >= 0.6 is 11.6 Å². The van der Waals surface area contributed by atoms with E-state index in [0.717, 1.165) is 0 Å². The highest BCUT2D eigenvalue weighted by Gasteiger charge is 2.19. The largest absolute Gasteiger partial charge is 0.337 e. The Morgan fingerprint density at radius 2 is 2.05 bits per heavy atom. The molecule has 124 valence electrons. The molecule has 1 aromatic rings. The van der Waals surface area contributed by atoms with E-state index in [2.05, 4.69) is 10.6 Å². The van der Waals surface area contributed by atoms with Crippen LogP contribution in [0, 0.1) is 5.82 Å². The fourth-order valence-corrected chi connectivity index (χ4v) is 2.76. The molecule has 0 saturated heterocycles. The van der Waals surface area contributed by atoms with Gasteiger partial charge in [0, 0.05) is 27.8 Å². The zero-order valence-corrected chi connectivity index (χ0v) is 14.8. The van der Waals surface area contributed by atoms with Gasteiger partial charge in [-0.15, -0.1) is 0 Å². The van der Waals surface area contributed by atoms with Gasteiger partial charge in [-0.25, -0.2) is 9.18 Å². The van der Waals surface area contributed by atoms with Crippen molar-refractivity contribution in [1.29, 1.82) is 0 Å². The standard InChI is InChI=1S/C15H22ClFN2O2S/c1-10(11-5-6-13(17)12(16)9-11)19-14(20)18-7-8-22(21)15(2,3)4/h5-6,9-10H,7-8H2,1-4H3,(H2,18,19,20)/t10-,22+/m1/s1. The smallest absolute Gasteiger partial charge is 0.315 e. The summed E-state index contributed by atoms with van der Waals surface area (Å²) in [6, 6.07) is 3.64. The minimum absolute atomic E-state index is 0.0205. The summed E-state index contributed by atoms with van der Waals surface area (Å²) >= 11 is 5.72. The van der Waals surface area contributed by atoms with Gasteiger partial charge in [0.05, 0.1) is 11.1 Å². The number of amides is 2. The molecule has 0 unspecified atom stereocenters. The topological polar surface area (TPSA) is 58.2 Å². The Bertz CT molecular complexity index is 561. The maximum atomic E-state index is 13.1. The van der Waals surface area contributed by atoms with Crippen molar-refractivity contribution < 1.29 is 13.4 Å². The van der Waals surface area contributed by atoms with Gasteiger partial charge in [-0.1, -0.05) is 17.7 Å². The van der Waals surface area contributed by atoms with E-state index in [-0.39, 0.29) is 21.8 Å². The minimum Gasteiger partial charge on any atom is -0.337 e. The molecule has 7 heteroatoms. The van der Waals surface area contributed by atoms with Crippen LogP contribution in [0.2, 0.25) is 5.02 Å². The van der Waals surface area contributed by atoms with Crippen molar-refractivity contribution in [2.45, 2.75) is 38.5 Å². The van der Waals surface area contributed by atoms with E-state index in [1.807, 2.05) is 20.8 Å². The molecule has 0 aromatic heterocycles. The molecule has 0 saturated carbocycles. The summed E-state index contributed by atoms with van der Waals surface area (Å²) in [5, 5.41) is 5.41. The first kappa shape index (κ1) is 18.9. The Balaban J connectivity index is 2.44. The normalized spacial score (nSPS) is 14.3. The average Bonchev–Trinajstić information content (AvgIpc) is 2.40. The van der Waals surface area contributed by atoms with Gasteiger partial charge in [-0.3, -0.25) is 4.21 Å². The summed E-state index contributed by atoms with van der Waals surface area (Å²) in [6.45, 7) is 7.78. The first-order valence-corrected chi connectivity index (χ1v) is 8.68. The van der Waals surface area contributed by atoms with E-state index in [4.69, 9.17) is 11.6 Å². The van der Waals surface area contributed by atoms with Crippen molar-refractivity contribution in [2.75, 3.05) is 12.3 Å². The number of urea groups is 1. The van der Waals surface area contributed by atoms with Crippen LogP contribution in [0.25, 0.3) is 0 Å². The molecule has 0 aliphatic heterocycles. The lowest BCUT2D eigenvalue weighted by molar-refractivity contribution is 0.238. The lowest BCUT2D eigenvalue weighted by atomic mass is 10.1. The summed E-state index contributed by atoms with van der Waals surface area (Å²) in [6.07, 6.45) is 0. The molecule has 2 amide bonds. The van der Waals surface area contributed by atoms with Crippen LogP contribution in [0.4, 0.5) is 9.18 Å². The highest BCUT2D eigenvalue weighted by Crippen LogP contribution is 2.20. The Labute approximate surface area is 138 Å². The third kappa shape index (κ3) is 5.93. The Kier molecular flexibility index (Phi) is 6.81. The summed E-state index contributed by atoms with van der Waals surface area (Å²) < 4.78 is 24.7. The van der Waals surface area contributed by atoms with Crippen molar-refractivity contribution >= 4 is 28.4 Å². The molecular weight excluding hydrogens is 327 g/mol. The molecule has 0 aliphatic rings. The Morgan fingerprint density at radius 1 is 1.41 bits per heavy atom. The van der Waals surface area contributed by atoms with Gasteiger partial charge in [0.1, 0.15) is 5.82 Å². The summed E-state index contributed by atoms with van der Waals surface area (Å²) in [5.41, 5.74) is 0.708. The van der Waals surface area contributed by atoms with Crippen LogP contribution in [0.3, 0.4) is 0 Å². The van der Waals surface area contributed by atoms with Crippen LogP contribution in [-0.4, -0.2) is 27.3 Å². The lowest BCUT2D eigenvalue weighted by Gasteiger charge is -2.18. The van der Waals surface area contributed by atoms with E-state index >= 15 is 0 Å². The zero-order valence-electron chi connectivity index (χ0n) is 13.2. The monoisotopic (exact) mass is 348 g/mol. The van der Waals surface area contributed by atoms with Gasteiger partial charge < -0.3 is 10.6 Å². The van der Waals surface area contributed by atoms with Gasteiger partial charge in [0.15, 0.2) is 0 Å². The third-order valence-corrected chi connectivity index (χ3v) is 5.28. The van der Waals surface area contributed by atoms with Crippen LogP contribution in [0.1, 0.15) is 39.3 Å². The van der Waals surface area contributed by atoms with E-state index in [1.165, 1.54) is 12.1 Å². The second kappa shape index (κ2) is 7.92. The quantitative estimate of drug-likeness (QED) is 0.857. The predicted molar refractivity (Wildman–Crippen MR) is 89.1 cm³/mol. The molecule has 22 heavy (non-hydrogen) atoms. The fraction of sp³-hybridized carbons (Fsp3) is 0.533. The van der Waals surface area contributed by atoms with Gasteiger partial charge in [0.2, 0.25) is 0 Å². The molecule has 1 rings (SSSR count). The van der Waals surface area contributed by atoms with E-state index in [9.17, 15) is 13.4 Å². The zero-order chi connectivity index (χ0) is 16.9. The first-order valence-electron chi connectivity index (χ1n) is 6.99. The molecule has 4 nitrogen and oxygen atoms in total. The van der Waals surface area contributed by atoms with Gasteiger partial charge >= 0.3 is 6.03 Å². The summed E-state index contributed by atoms with van der Waals surface area (Å²) in [4.78, 5) is 11.8. The molecule has 2 atom stereocenters. The number of carbonyl (C=O) groups is 1. The molecule has 0 heterocycles. The summed E-state index contributed by atoms with van der Waals surface area (Å²) in [7, 11) is -1.01. The van der Waals surface area contributed by atoms with Crippen LogP contribution < -0.4 is 10.6 Å². The minimum atomic E-state index is -1.01. The highest BCUT2D eigenvalue weighted by atomic mass is 35.5. The van der Waals surface area contributed by atoms with E-state index in [0.29, 0.717) is 17.9 Å². The maximum absolute atomic E-state index is 13.1. The number of benzene rings is 1. The summed E-state index contributed by atoms with van der Waals surface area (Å²) in [5.74, 6) is -0.0973. The van der Waals surface area contributed by atoms with Crippen molar-refractivity contribution in [3.05, 3.63) is 34.6 Å². The molecule has 2 N–H and O–H groups in total. The Hall–Kier alpha value is -1.14. The van der Waals surface area contributed by atoms with Gasteiger partial charge in [-0.2, -0.15) is 0 Å². The van der Waals surface area contributed by atoms with Crippen LogP contribution in [-0.2, 0) is 10.8 Å². The number of nitrogens with one attached hydrogen (secondary N) is 2. The predicted octanol–water partition coefficient (Wildman–Crippen LogP) is 3.39. The molecule has 0 spiro atoms. The lowest BCUT2D eigenvalue weighted by Crippen LogP contribution is -2.40. The van der Waals surface area contributed by atoms with E-state index in [1.54, 1.807) is 13.0 Å². The first-order chi connectivity index (χ1) is 10.1. The van der Waals surface area contributed by atoms with E-state index < -0.39 is 16.6 Å². The number of hydrogen-bond donors (Lipinski definition) is 2. The number of hydrogen-bond acceptors (Lipinski definition) is 2. The molecular formula is C15H22ClFN2O2S. The molecule has 0 fully saturated rings. The van der Waals surface area contributed by atoms with Crippen molar-refractivity contribution in [3.63, 3.8) is 0 Å². The number of halogens is 2. The number of carbonyl (C=O) groups excluding carboxylic acids is 1. The second-order valence-corrected chi connectivity index (χ2v) is 8.69. The molecule has 0 radical (unpaired) electrons. The fourth-order valence-electron chi connectivity index (χ4n) is 1.68. The maximum Gasteiger partial charge on any atom is 0.315 e. The van der Waals surface area contributed by atoms with Crippen molar-refractivity contribution in [3.8, 4) is 0 Å². The third-order valence-electron chi connectivity index (χ3n) is 3.05. The molecule has 0 aliphatic carbocycles. The van der Waals surface area contributed by atoms with Gasteiger partial charge in [-0.05, 0) is 45.4 Å². The SMILES string of the molecule is C[C@@H](NC(=O)NCC[S@](=O)C(C)(C)C)c1ccc(F)c(Cl)c1. The van der Waals surface area contributed by atoms with Crippen LogP contribution in [0.15, 0.2) is 18.2 Å². The Morgan fingerprint density at radius 3 is 2.59 bits per heavy atom. The average molecular weight is 349 g/mol. The number of rotatable bonds is 5. The second-order valence-electron chi connectivity index (χ2n) is 5.96. The van der Waals surface area contributed by atoms with Crippen molar-refractivity contribution in [2.24, 2.45) is 0 Å². The molecule has 0 bridgehead atoms. The highest BCUT2D eigenvalue weighted by molar-refractivity contribution is 7.86. The van der Waals surface area contributed by atoms with Crippen molar-refractivity contribution in [1.82, 2.24) is 10.6 Å². The van der Waals surface area contributed by atoms with Gasteiger partial charge in [0.25, 0.3) is 0 Å².